The molecule has 0 saturated carbocycles. The van der Waals surface area contributed by atoms with Crippen molar-refractivity contribution in [3.05, 3.63) is 0 Å². The van der Waals surface area contributed by atoms with E-state index in [4.69, 9.17) is 0 Å². The van der Waals surface area contributed by atoms with Gasteiger partial charge in [-0.15, -0.1) is 0 Å². The highest BCUT2D eigenvalue weighted by Crippen LogP contribution is 2.13. The van der Waals surface area contributed by atoms with Crippen molar-refractivity contribution in [2.75, 3.05) is 39.3 Å². The summed E-state index contributed by atoms with van der Waals surface area (Å²) >= 11 is 0. The molecule has 2 aliphatic heterocycles. The van der Waals surface area contributed by atoms with Gasteiger partial charge in [0, 0.05) is 51.7 Å². The summed E-state index contributed by atoms with van der Waals surface area (Å²) < 4.78 is 0. The lowest BCUT2D eigenvalue weighted by molar-refractivity contribution is -0.133. The lowest BCUT2D eigenvalue weighted by atomic mass is 10.1. The van der Waals surface area contributed by atoms with E-state index in [2.05, 4.69) is 22.0 Å². The van der Waals surface area contributed by atoms with Crippen molar-refractivity contribution in [2.45, 2.75) is 38.6 Å². The largest absolute Gasteiger partial charge is 0.343 e. The number of likely N-dealkylation sites (tertiary alicyclic amines) is 1. The van der Waals surface area contributed by atoms with Crippen LogP contribution in [0.2, 0.25) is 0 Å². The highest BCUT2D eigenvalue weighted by molar-refractivity contribution is 5.76. The van der Waals surface area contributed by atoms with Crippen LogP contribution in [0.3, 0.4) is 0 Å². The molecule has 1 atom stereocenters. The zero-order chi connectivity index (χ0) is 12.1. The summed E-state index contributed by atoms with van der Waals surface area (Å²) in [4.78, 5) is 16.6. The minimum atomic E-state index is 0.357. The van der Waals surface area contributed by atoms with Gasteiger partial charge in [0.25, 0.3) is 0 Å². The Morgan fingerprint density at radius 2 is 1.76 bits per heavy atom. The number of nitrogens with one attached hydrogen (secondary N) is 1. The van der Waals surface area contributed by atoms with Crippen LogP contribution in [0.25, 0.3) is 0 Å². The summed E-state index contributed by atoms with van der Waals surface area (Å²) in [5, 5.41) is 3.35. The van der Waals surface area contributed by atoms with Crippen molar-refractivity contribution in [2.24, 2.45) is 0 Å². The van der Waals surface area contributed by atoms with E-state index in [1.807, 2.05) is 0 Å². The molecule has 2 saturated heterocycles. The van der Waals surface area contributed by atoms with Crippen LogP contribution in [0.5, 0.6) is 0 Å². The predicted molar refractivity (Wildman–Crippen MR) is 69.0 cm³/mol. The van der Waals surface area contributed by atoms with Crippen molar-refractivity contribution in [1.29, 1.82) is 0 Å². The number of amides is 1. The van der Waals surface area contributed by atoms with Crippen LogP contribution < -0.4 is 5.32 Å². The van der Waals surface area contributed by atoms with Gasteiger partial charge in [-0.25, -0.2) is 0 Å². The molecule has 0 aromatic carbocycles. The average molecular weight is 239 g/mol. The summed E-state index contributed by atoms with van der Waals surface area (Å²) in [5.74, 6) is 0.357. The fourth-order valence-electron chi connectivity index (χ4n) is 2.78. The summed E-state index contributed by atoms with van der Waals surface area (Å²) in [6, 6.07) is 0.395. The van der Waals surface area contributed by atoms with Crippen LogP contribution in [0.1, 0.15) is 32.6 Å². The molecule has 1 unspecified atom stereocenters. The molecule has 0 aromatic rings. The molecule has 2 rings (SSSR count). The Kier molecular flexibility index (Phi) is 4.80. The number of nitrogens with zero attached hydrogens (tertiary/aromatic N) is 2. The van der Waals surface area contributed by atoms with Gasteiger partial charge >= 0.3 is 0 Å². The lowest BCUT2D eigenvalue weighted by Crippen LogP contribution is -2.49. The van der Waals surface area contributed by atoms with Gasteiger partial charge in [-0.3, -0.25) is 9.69 Å². The number of carbonyl (C=O) groups is 1. The predicted octanol–water partition coefficient (Wildman–Crippen LogP) is 0.683. The summed E-state index contributed by atoms with van der Waals surface area (Å²) in [5.41, 5.74) is 0. The monoisotopic (exact) mass is 239 g/mol. The van der Waals surface area contributed by atoms with E-state index in [9.17, 15) is 4.79 Å². The highest BCUT2D eigenvalue weighted by atomic mass is 16.2. The Morgan fingerprint density at radius 3 is 2.41 bits per heavy atom. The van der Waals surface area contributed by atoms with E-state index in [-0.39, 0.29) is 0 Å². The number of piperidine rings is 1. The van der Waals surface area contributed by atoms with Gasteiger partial charge in [-0.2, -0.15) is 0 Å². The standard InChI is InChI=1S/C13H25N3O/c1-12(15-9-5-14-6-10-15)11-13(17)16-7-3-2-4-8-16/h12,14H,2-11H2,1H3. The molecule has 0 radical (unpaired) electrons. The van der Waals surface area contributed by atoms with Crippen molar-refractivity contribution in [3.8, 4) is 0 Å². The Labute approximate surface area is 104 Å². The van der Waals surface area contributed by atoms with Crippen molar-refractivity contribution in [3.63, 3.8) is 0 Å². The molecule has 98 valence electrons. The second-order valence-corrected chi connectivity index (χ2v) is 5.28. The second kappa shape index (κ2) is 6.36. The average Bonchev–Trinajstić information content (AvgIpc) is 2.40. The number of hydrogen-bond acceptors (Lipinski definition) is 3. The zero-order valence-electron chi connectivity index (χ0n) is 11.0. The van der Waals surface area contributed by atoms with Crippen LogP contribution in [0.4, 0.5) is 0 Å². The van der Waals surface area contributed by atoms with E-state index < -0.39 is 0 Å². The Hall–Kier alpha value is -0.610. The van der Waals surface area contributed by atoms with E-state index in [0.717, 1.165) is 39.3 Å². The van der Waals surface area contributed by atoms with E-state index >= 15 is 0 Å². The second-order valence-electron chi connectivity index (χ2n) is 5.28. The van der Waals surface area contributed by atoms with Crippen LogP contribution in [0, 0.1) is 0 Å². The molecular weight excluding hydrogens is 214 g/mol. The van der Waals surface area contributed by atoms with Gasteiger partial charge in [0.15, 0.2) is 0 Å². The minimum absolute atomic E-state index is 0.357. The molecule has 0 aliphatic carbocycles. The maximum atomic E-state index is 12.1. The zero-order valence-corrected chi connectivity index (χ0v) is 11.0. The van der Waals surface area contributed by atoms with Gasteiger partial charge in [0.2, 0.25) is 5.91 Å². The third-order valence-corrected chi connectivity index (χ3v) is 3.95. The Balaban J connectivity index is 1.76. The first kappa shape index (κ1) is 12.8. The van der Waals surface area contributed by atoms with E-state index in [1.165, 1.54) is 19.3 Å². The molecule has 0 spiro atoms. The molecule has 1 amide bonds. The molecule has 2 fully saturated rings. The first-order valence-corrected chi connectivity index (χ1v) is 7.00. The maximum Gasteiger partial charge on any atom is 0.224 e. The number of rotatable bonds is 3. The highest BCUT2D eigenvalue weighted by Gasteiger charge is 2.22. The van der Waals surface area contributed by atoms with Gasteiger partial charge in [-0.1, -0.05) is 0 Å². The topological polar surface area (TPSA) is 35.6 Å². The molecule has 4 heteroatoms. The SMILES string of the molecule is CC(CC(=O)N1CCCCC1)N1CCNCC1. The lowest BCUT2D eigenvalue weighted by Gasteiger charge is -2.34. The molecule has 4 nitrogen and oxygen atoms in total. The molecule has 1 N–H and O–H groups in total. The molecular formula is C13H25N3O. The fourth-order valence-corrected chi connectivity index (χ4v) is 2.78. The van der Waals surface area contributed by atoms with Crippen LogP contribution >= 0.6 is 0 Å². The van der Waals surface area contributed by atoms with E-state index in [1.54, 1.807) is 0 Å². The number of piperazine rings is 1. The third-order valence-electron chi connectivity index (χ3n) is 3.95. The molecule has 2 heterocycles. The van der Waals surface area contributed by atoms with Crippen molar-refractivity contribution < 1.29 is 4.79 Å². The van der Waals surface area contributed by atoms with Gasteiger partial charge in [0.1, 0.15) is 0 Å². The first-order valence-electron chi connectivity index (χ1n) is 7.00. The normalized spacial score (nSPS) is 24.6. The number of hydrogen-bond donors (Lipinski definition) is 1. The fraction of sp³-hybridized carbons (Fsp3) is 0.923. The first-order chi connectivity index (χ1) is 8.27. The maximum absolute atomic E-state index is 12.1. The minimum Gasteiger partial charge on any atom is -0.343 e. The van der Waals surface area contributed by atoms with E-state index in [0.29, 0.717) is 18.4 Å². The summed E-state index contributed by atoms with van der Waals surface area (Å²) in [6.45, 7) is 8.42. The Morgan fingerprint density at radius 1 is 1.12 bits per heavy atom. The van der Waals surface area contributed by atoms with Gasteiger partial charge in [0.05, 0.1) is 0 Å². The number of carbonyl (C=O) groups excluding carboxylic acids is 1. The van der Waals surface area contributed by atoms with Crippen LogP contribution in [-0.4, -0.2) is 61.0 Å². The molecule has 0 aromatic heterocycles. The van der Waals surface area contributed by atoms with Crippen LogP contribution in [0.15, 0.2) is 0 Å². The summed E-state index contributed by atoms with van der Waals surface area (Å²) in [6.07, 6.45) is 4.36. The smallest absolute Gasteiger partial charge is 0.224 e. The van der Waals surface area contributed by atoms with Gasteiger partial charge in [-0.05, 0) is 26.2 Å². The van der Waals surface area contributed by atoms with Crippen molar-refractivity contribution >= 4 is 5.91 Å². The van der Waals surface area contributed by atoms with Gasteiger partial charge < -0.3 is 10.2 Å². The third kappa shape index (κ3) is 3.68. The molecule has 2 aliphatic rings. The molecule has 0 bridgehead atoms. The molecule has 17 heavy (non-hydrogen) atoms. The Bertz CT molecular complexity index is 245. The van der Waals surface area contributed by atoms with Crippen molar-refractivity contribution in [1.82, 2.24) is 15.1 Å². The quantitative estimate of drug-likeness (QED) is 0.787. The summed E-state index contributed by atoms with van der Waals surface area (Å²) in [7, 11) is 0. The van der Waals surface area contributed by atoms with Crippen LogP contribution in [-0.2, 0) is 4.79 Å².